The fraction of sp³-hybridized carbons (Fsp3) is 0.469. The molecule has 1 heterocycles. The van der Waals surface area contributed by atoms with Crippen molar-refractivity contribution in [1.29, 1.82) is 0 Å². The van der Waals surface area contributed by atoms with Crippen molar-refractivity contribution in [3.8, 4) is 48.4 Å². The fourth-order valence-electron chi connectivity index (χ4n) is 3.24. The van der Waals surface area contributed by atoms with Crippen LogP contribution in [0.2, 0.25) is 0 Å². The van der Waals surface area contributed by atoms with Crippen LogP contribution in [0.5, 0.6) is 0 Å². The fourth-order valence-corrected chi connectivity index (χ4v) is 3.24. The first-order valence-corrected chi connectivity index (χ1v) is 12.7. The molecule has 4 heteroatoms. The van der Waals surface area contributed by atoms with E-state index in [0.717, 1.165) is 77.0 Å². The maximum absolute atomic E-state index is 10.9. The predicted molar refractivity (Wildman–Crippen MR) is 145 cm³/mol. The minimum absolute atomic E-state index is 0.370. The van der Waals surface area contributed by atoms with Crippen LogP contribution in [0, 0.1) is 48.4 Å². The Morgan fingerprint density at radius 3 is 1.92 bits per heavy atom. The van der Waals surface area contributed by atoms with Crippen LogP contribution in [0.15, 0.2) is 40.9 Å². The molecule has 4 nitrogen and oxygen atoms in total. The van der Waals surface area contributed by atoms with E-state index in [4.69, 9.17) is 22.0 Å². The number of aliphatic hydroxyl groups excluding tert-OH is 1. The van der Waals surface area contributed by atoms with Gasteiger partial charge in [0.05, 0.1) is 0 Å². The van der Waals surface area contributed by atoms with Crippen molar-refractivity contribution in [2.24, 2.45) is 0 Å². The SMILES string of the molecule is C#C[C@H](O)/C=C/CCCCCCC#Cc1ccc(C#CCCCCCC/C=C/[C@H](C#C)OC(C)=O)o1. The summed E-state index contributed by atoms with van der Waals surface area (Å²) in [5.41, 5.74) is 0. The standard InChI is InChI=1S/C32H38O4/c1-4-29(34)22-18-14-10-6-7-12-16-20-24-31-26-27-32(36-31)25-21-17-13-9-8-11-15-19-23-30(5-2)35-28(3)33/h1-2,18-19,22-23,26-27,29-30,34H,6-17H2,3H3/b22-18+,23-19+/t29-,30-/m0/s1. The Hall–Kier alpha value is -3.57. The van der Waals surface area contributed by atoms with Crippen LogP contribution in [0.25, 0.3) is 0 Å². The number of ether oxygens (including phenoxy) is 1. The number of carbonyl (C=O) groups is 1. The minimum atomic E-state index is -0.769. The molecule has 1 rings (SSSR count). The van der Waals surface area contributed by atoms with E-state index in [9.17, 15) is 9.90 Å². The molecule has 1 aromatic rings. The second-order valence-corrected chi connectivity index (χ2v) is 8.34. The first-order valence-electron chi connectivity index (χ1n) is 12.7. The molecule has 0 aliphatic carbocycles. The number of esters is 1. The average Bonchev–Trinajstić information content (AvgIpc) is 3.32. The van der Waals surface area contributed by atoms with Crippen LogP contribution in [-0.2, 0) is 9.53 Å². The molecule has 2 atom stereocenters. The maximum Gasteiger partial charge on any atom is 0.304 e. The zero-order valence-electron chi connectivity index (χ0n) is 21.4. The van der Waals surface area contributed by atoms with Gasteiger partial charge in [-0.3, -0.25) is 4.79 Å². The van der Waals surface area contributed by atoms with Gasteiger partial charge in [0.1, 0.15) is 6.10 Å². The molecule has 1 aromatic heterocycles. The predicted octanol–water partition coefficient (Wildman–Crippen LogP) is 6.34. The van der Waals surface area contributed by atoms with Crippen LogP contribution in [-0.4, -0.2) is 23.3 Å². The zero-order valence-corrected chi connectivity index (χ0v) is 21.4. The second-order valence-electron chi connectivity index (χ2n) is 8.34. The molecule has 0 spiro atoms. The van der Waals surface area contributed by atoms with Gasteiger partial charge in [-0.1, -0.05) is 61.5 Å². The largest absolute Gasteiger partial charge is 0.445 e. The Morgan fingerprint density at radius 1 is 0.889 bits per heavy atom. The van der Waals surface area contributed by atoms with Crippen molar-refractivity contribution < 1.29 is 19.1 Å². The van der Waals surface area contributed by atoms with Crippen LogP contribution in [0.3, 0.4) is 0 Å². The van der Waals surface area contributed by atoms with E-state index in [0.29, 0.717) is 11.5 Å². The number of hydrogen-bond acceptors (Lipinski definition) is 4. The van der Waals surface area contributed by atoms with Gasteiger partial charge in [-0.2, -0.15) is 0 Å². The van der Waals surface area contributed by atoms with E-state index in [-0.39, 0.29) is 5.97 Å². The van der Waals surface area contributed by atoms with Crippen molar-refractivity contribution in [1.82, 2.24) is 0 Å². The van der Waals surface area contributed by atoms with Crippen molar-refractivity contribution >= 4 is 5.97 Å². The molecule has 0 aliphatic heterocycles. The van der Waals surface area contributed by atoms with E-state index in [1.165, 1.54) is 6.92 Å². The summed E-state index contributed by atoms with van der Waals surface area (Å²) in [5, 5.41) is 9.22. The second kappa shape index (κ2) is 20.8. The Bertz CT molecular complexity index is 1020. The van der Waals surface area contributed by atoms with E-state index in [2.05, 4.69) is 35.5 Å². The maximum atomic E-state index is 10.9. The van der Waals surface area contributed by atoms with Gasteiger partial charge < -0.3 is 14.3 Å². The van der Waals surface area contributed by atoms with Crippen LogP contribution < -0.4 is 0 Å². The minimum Gasteiger partial charge on any atom is -0.445 e. The normalized spacial score (nSPS) is 12.1. The molecule has 0 aromatic carbocycles. The molecule has 0 fully saturated rings. The van der Waals surface area contributed by atoms with Crippen LogP contribution in [0.1, 0.15) is 95.5 Å². The summed E-state index contributed by atoms with van der Waals surface area (Å²) in [5.74, 6) is 18.1. The molecule has 0 radical (unpaired) electrons. The molecule has 0 saturated carbocycles. The molecular weight excluding hydrogens is 448 g/mol. The average molecular weight is 487 g/mol. The van der Waals surface area contributed by atoms with Crippen molar-refractivity contribution in [3.63, 3.8) is 0 Å². The zero-order chi connectivity index (χ0) is 26.3. The van der Waals surface area contributed by atoms with Gasteiger partial charge in [-0.15, -0.1) is 12.8 Å². The van der Waals surface area contributed by atoms with Gasteiger partial charge in [0.25, 0.3) is 0 Å². The Kier molecular flexibility index (Phi) is 17.6. The summed E-state index contributed by atoms with van der Waals surface area (Å²) in [7, 11) is 0. The van der Waals surface area contributed by atoms with Crippen molar-refractivity contribution in [2.75, 3.05) is 0 Å². The Labute approximate surface area is 217 Å². The summed E-state index contributed by atoms with van der Waals surface area (Å²) in [4.78, 5) is 10.9. The van der Waals surface area contributed by atoms with E-state index in [1.807, 2.05) is 24.3 Å². The molecule has 36 heavy (non-hydrogen) atoms. The lowest BCUT2D eigenvalue weighted by Crippen LogP contribution is -2.10. The number of allylic oxidation sites excluding steroid dienone is 2. The highest BCUT2D eigenvalue weighted by Gasteiger charge is 2.02. The summed E-state index contributed by atoms with van der Waals surface area (Å²) < 4.78 is 10.6. The lowest BCUT2D eigenvalue weighted by Gasteiger charge is -2.04. The van der Waals surface area contributed by atoms with Crippen LogP contribution in [0.4, 0.5) is 0 Å². The van der Waals surface area contributed by atoms with Gasteiger partial charge in [0, 0.05) is 19.8 Å². The molecule has 0 unspecified atom stereocenters. The Balaban J connectivity index is 2.10. The molecular formula is C32H38O4. The number of rotatable bonds is 15. The van der Waals surface area contributed by atoms with Gasteiger partial charge in [-0.05, 0) is 74.7 Å². The summed E-state index contributed by atoms with van der Waals surface area (Å²) >= 11 is 0. The number of aliphatic hydroxyl groups is 1. The molecule has 0 amide bonds. The Morgan fingerprint density at radius 2 is 1.42 bits per heavy atom. The highest BCUT2D eigenvalue weighted by molar-refractivity contribution is 5.66. The molecule has 1 N–H and O–H groups in total. The molecule has 0 aliphatic rings. The van der Waals surface area contributed by atoms with E-state index < -0.39 is 12.2 Å². The highest BCUT2D eigenvalue weighted by atomic mass is 16.5. The first kappa shape index (κ1) is 30.5. The number of furan rings is 1. The van der Waals surface area contributed by atoms with Crippen molar-refractivity contribution in [3.05, 3.63) is 48.0 Å². The lowest BCUT2D eigenvalue weighted by atomic mass is 10.1. The third-order valence-electron chi connectivity index (χ3n) is 5.13. The van der Waals surface area contributed by atoms with E-state index >= 15 is 0 Å². The van der Waals surface area contributed by atoms with Gasteiger partial charge in [0.2, 0.25) is 0 Å². The van der Waals surface area contributed by atoms with Crippen molar-refractivity contribution in [2.45, 2.75) is 96.2 Å². The summed E-state index contributed by atoms with van der Waals surface area (Å²) in [6.07, 6.45) is 28.7. The molecule has 0 bridgehead atoms. The number of terminal acetylenes is 2. The quantitative estimate of drug-likeness (QED) is 0.136. The highest BCUT2D eigenvalue weighted by Crippen LogP contribution is 2.09. The van der Waals surface area contributed by atoms with E-state index in [1.54, 1.807) is 12.2 Å². The summed E-state index contributed by atoms with van der Waals surface area (Å²) in [6, 6.07) is 3.74. The smallest absolute Gasteiger partial charge is 0.304 e. The van der Waals surface area contributed by atoms with Crippen LogP contribution >= 0.6 is 0 Å². The first-order chi connectivity index (χ1) is 17.5. The monoisotopic (exact) mass is 486 g/mol. The van der Waals surface area contributed by atoms with Gasteiger partial charge >= 0.3 is 5.97 Å². The van der Waals surface area contributed by atoms with Gasteiger partial charge in [0.15, 0.2) is 17.6 Å². The van der Waals surface area contributed by atoms with Gasteiger partial charge in [-0.25, -0.2) is 0 Å². The molecule has 190 valence electrons. The number of hydrogen-bond donors (Lipinski definition) is 1. The third kappa shape index (κ3) is 17.0. The number of carbonyl (C=O) groups excluding carboxylic acids is 1. The third-order valence-corrected chi connectivity index (χ3v) is 5.13. The molecule has 0 saturated heterocycles. The lowest BCUT2D eigenvalue weighted by molar-refractivity contribution is -0.142. The summed E-state index contributed by atoms with van der Waals surface area (Å²) in [6.45, 7) is 1.35. The topological polar surface area (TPSA) is 59.7 Å². The number of unbranched alkanes of at least 4 members (excludes halogenated alkanes) is 10.